The fourth-order valence-electron chi connectivity index (χ4n) is 2.18. The highest BCUT2D eigenvalue weighted by Crippen LogP contribution is 2.24. The average molecular weight is 316 g/mol. The summed E-state index contributed by atoms with van der Waals surface area (Å²) in [6.45, 7) is 7.11. The molecule has 1 unspecified atom stereocenters. The van der Waals surface area contributed by atoms with Gasteiger partial charge in [-0.25, -0.2) is 0 Å². The zero-order chi connectivity index (χ0) is 17.6. The quantitative estimate of drug-likeness (QED) is 0.847. The molecule has 23 heavy (non-hydrogen) atoms. The molecule has 0 aliphatic carbocycles. The van der Waals surface area contributed by atoms with Gasteiger partial charge in [-0.3, -0.25) is 9.59 Å². The van der Waals surface area contributed by atoms with Gasteiger partial charge < -0.3 is 15.0 Å². The van der Waals surface area contributed by atoms with E-state index in [9.17, 15) is 9.59 Å². The van der Waals surface area contributed by atoms with Crippen molar-refractivity contribution < 1.29 is 14.3 Å². The Morgan fingerprint density at radius 2 is 1.87 bits per heavy atom. The number of amides is 2. The minimum absolute atomic E-state index is 0.0591. The van der Waals surface area contributed by atoms with E-state index in [1.807, 2.05) is 20.8 Å². The van der Waals surface area contributed by atoms with Crippen LogP contribution in [0.2, 0.25) is 0 Å². The van der Waals surface area contributed by atoms with Crippen molar-refractivity contribution in [1.29, 1.82) is 0 Å². The molecule has 0 aromatic heterocycles. The van der Waals surface area contributed by atoms with Crippen LogP contribution in [-0.2, 0) is 9.59 Å². The van der Waals surface area contributed by atoms with Crippen LogP contribution >= 0.6 is 0 Å². The molecule has 1 N–H and O–H groups in total. The predicted molar refractivity (Wildman–Crippen MR) is 89.9 cm³/mol. The van der Waals surface area contributed by atoms with Crippen molar-refractivity contribution in [2.75, 3.05) is 13.7 Å². The molecule has 1 aromatic carbocycles. The zero-order valence-electron chi connectivity index (χ0n) is 14.3. The molecular weight excluding hydrogens is 292 g/mol. The van der Waals surface area contributed by atoms with E-state index >= 15 is 0 Å². The largest absolute Gasteiger partial charge is 0.497 e. The number of carbonyl (C=O) groups excluding carboxylic acids is 2. The molecular formula is C18H24N2O3. The van der Waals surface area contributed by atoms with Crippen LogP contribution in [0.15, 0.2) is 24.3 Å². The lowest BCUT2D eigenvalue weighted by molar-refractivity contribution is -0.139. The Balaban J connectivity index is 3.25. The van der Waals surface area contributed by atoms with E-state index in [0.29, 0.717) is 11.3 Å². The molecule has 0 fully saturated rings. The topological polar surface area (TPSA) is 58.6 Å². The molecule has 2 amide bonds. The van der Waals surface area contributed by atoms with Gasteiger partial charge in [-0.2, -0.15) is 0 Å². The maximum atomic E-state index is 12.7. The van der Waals surface area contributed by atoms with Crippen molar-refractivity contribution in [2.24, 2.45) is 0 Å². The number of methoxy groups -OCH3 is 1. The number of ether oxygens (including phenoxy) is 1. The first-order valence-corrected chi connectivity index (χ1v) is 7.36. The maximum absolute atomic E-state index is 12.7. The van der Waals surface area contributed by atoms with Crippen LogP contribution in [0.1, 0.15) is 39.3 Å². The zero-order valence-corrected chi connectivity index (χ0v) is 14.3. The lowest BCUT2D eigenvalue weighted by atomic mass is 10.0. The first kappa shape index (κ1) is 18.6. The highest BCUT2D eigenvalue weighted by molar-refractivity contribution is 5.88. The molecule has 0 aliphatic rings. The van der Waals surface area contributed by atoms with Gasteiger partial charge in [0.05, 0.1) is 13.7 Å². The molecule has 0 saturated heterocycles. The molecule has 0 saturated carbocycles. The summed E-state index contributed by atoms with van der Waals surface area (Å²) in [6, 6.07) is 6.24. The average Bonchev–Trinajstić information content (AvgIpc) is 2.45. The van der Waals surface area contributed by atoms with Crippen LogP contribution in [-0.4, -0.2) is 35.9 Å². The standard InChI is InChI=1S/C18H24N2O3/c1-7-12-20(13(2)21)16(17(22)19-18(3,4)5)14-8-10-15(23-6)11-9-14/h1,8-11,16H,12H2,2-6H3,(H,19,22). The monoisotopic (exact) mass is 316 g/mol. The molecule has 0 bridgehead atoms. The van der Waals surface area contributed by atoms with E-state index in [1.54, 1.807) is 31.4 Å². The second-order valence-corrected chi connectivity index (χ2v) is 6.27. The van der Waals surface area contributed by atoms with E-state index in [0.717, 1.165) is 0 Å². The SMILES string of the molecule is C#CCN(C(C)=O)C(C(=O)NC(C)(C)C)c1ccc(OC)cc1. The molecule has 0 spiro atoms. The molecule has 124 valence electrons. The van der Waals surface area contributed by atoms with Gasteiger partial charge in [-0.15, -0.1) is 6.42 Å². The van der Waals surface area contributed by atoms with Crippen LogP contribution in [0.25, 0.3) is 0 Å². The minimum Gasteiger partial charge on any atom is -0.497 e. The lowest BCUT2D eigenvalue weighted by Gasteiger charge is -2.32. The Morgan fingerprint density at radius 3 is 2.26 bits per heavy atom. The summed E-state index contributed by atoms with van der Waals surface area (Å²) in [5.41, 5.74) is 0.262. The van der Waals surface area contributed by atoms with Crippen molar-refractivity contribution in [3.8, 4) is 18.1 Å². The van der Waals surface area contributed by atoms with Crippen molar-refractivity contribution in [3.05, 3.63) is 29.8 Å². The van der Waals surface area contributed by atoms with E-state index in [4.69, 9.17) is 11.2 Å². The van der Waals surface area contributed by atoms with E-state index in [-0.39, 0.29) is 18.4 Å². The second kappa shape index (κ2) is 7.68. The minimum atomic E-state index is -0.784. The van der Waals surface area contributed by atoms with Gasteiger partial charge in [0.2, 0.25) is 11.8 Å². The van der Waals surface area contributed by atoms with Crippen molar-refractivity contribution in [2.45, 2.75) is 39.3 Å². The van der Waals surface area contributed by atoms with Crippen molar-refractivity contribution in [1.82, 2.24) is 10.2 Å². The van der Waals surface area contributed by atoms with Gasteiger partial charge >= 0.3 is 0 Å². The Bertz CT molecular complexity index is 594. The molecule has 1 rings (SSSR count). The smallest absolute Gasteiger partial charge is 0.247 e. The third-order valence-electron chi connectivity index (χ3n) is 3.16. The summed E-state index contributed by atoms with van der Waals surface area (Å²) in [5, 5.41) is 2.91. The first-order chi connectivity index (χ1) is 10.7. The van der Waals surface area contributed by atoms with E-state index < -0.39 is 11.6 Å². The summed E-state index contributed by atoms with van der Waals surface area (Å²) in [7, 11) is 1.57. The third kappa shape index (κ3) is 5.33. The Morgan fingerprint density at radius 1 is 1.30 bits per heavy atom. The van der Waals surface area contributed by atoms with Gasteiger partial charge in [0, 0.05) is 12.5 Å². The molecule has 0 heterocycles. The van der Waals surface area contributed by atoms with Crippen LogP contribution in [0.3, 0.4) is 0 Å². The van der Waals surface area contributed by atoms with Gasteiger partial charge in [0.25, 0.3) is 0 Å². The van der Waals surface area contributed by atoms with Gasteiger partial charge in [-0.1, -0.05) is 18.1 Å². The van der Waals surface area contributed by atoms with Crippen molar-refractivity contribution in [3.63, 3.8) is 0 Å². The lowest BCUT2D eigenvalue weighted by Crippen LogP contribution is -2.49. The van der Waals surface area contributed by atoms with Crippen molar-refractivity contribution >= 4 is 11.8 Å². The van der Waals surface area contributed by atoms with Gasteiger partial charge in [0.15, 0.2) is 0 Å². The molecule has 1 aromatic rings. The number of terminal acetylenes is 1. The normalized spacial score (nSPS) is 12.0. The Hall–Kier alpha value is -2.48. The Kier molecular flexibility index (Phi) is 6.20. The molecule has 5 heteroatoms. The summed E-state index contributed by atoms with van der Waals surface area (Å²) in [5.74, 6) is 2.59. The van der Waals surface area contributed by atoms with Crippen LogP contribution in [0, 0.1) is 12.3 Å². The number of benzene rings is 1. The van der Waals surface area contributed by atoms with Gasteiger partial charge in [0.1, 0.15) is 11.8 Å². The molecule has 0 radical (unpaired) electrons. The highest BCUT2D eigenvalue weighted by atomic mass is 16.5. The van der Waals surface area contributed by atoms with Gasteiger partial charge in [-0.05, 0) is 38.5 Å². The molecule has 5 nitrogen and oxygen atoms in total. The fourth-order valence-corrected chi connectivity index (χ4v) is 2.18. The van der Waals surface area contributed by atoms with E-state index in [1.165, 1.54) is 11.8 Å². The number of hydrogen-bond acceptors (Lipinski definition) is 3. The fraction of sp³-hybridized carbons (Fsp3) is 0.444. The van der Waals surface area contributed by atoms with Crippen LogP contribution < -0.4 is 10.1 Å². The number of nitrogens with one attached hydrogen (secondary N) is 1. The maximum Gasteiger partial charge on any atom is 0.247 e. The first-order valence-electron chi connectivity index (χ1n) is 7.36. The number of rotatable bonds is 5. The summed E-state index contributed by atoms with van der Waals surface area (Å²) in [4.78, 5) is 26.1. The third-order valence-corrected chi connectivity index (χ3v) is 3.16. The summed E-state index contributed by atoms with van der Waals surface area (Å²) in [6.07, 6.45) is 5.36. The number of carbonyl (C=O) groups is 2. The summed E-state index contributed by atoms with van der Waals surface area (Å²) >= 11 is 0. The Labute approximate surface area is 138 Å². The summed E-state index contributed by atoms with van der Waals surface area (Å²) < 4.78 is 5.13. The predicted octanol–water partition coefficient (Wildman–Crippen LogP) is 2.13. The molecule has 1 atom stereocenters. The number of hydrogen-bond donors (Lipinski definition) is 1. The second-order valence-electron chi connectivity index (χ2n) is 6.27. The highest BCUT2D eigenvalue weighted by Gasteiger charge is 2.31. The molecule has 0 aliphatic heterocycles. The number of nitrogens with zero attached hydrogens (tertiary/aromatic N) is 1. The van der Waals surface area contributed by atoms with Crippen LogP contribution in [0.5, 0.6) is 5.75 Å². The van der Waals surface area contributed by atoms with Crippen LogP contribution in [0.4, 0.5) is 0 Å². The van der Waals surface area contributed by atoms with E-state index in [2.05, 4.69) is 11.2 Å².